The molecule has 0 aromatic heterocycles. The van der Waals surface area contributed by atoms with Crippen molar-refractivity contribution in [2.45, 2.75) is 113 Å². The number of nitrogens with one attached hydrogen (secondary N) is 3. The maximum absolute atomic E-state index is 14.0. The number of carbonyl (C=O) groups is 1. The van der Waals surface area contributed by atoms with Crippen molar-refractivity contribution in [1.29, 1.82) is 0 Å². The fourth-order valence-corrected chi connectivity index (χ4v) is 6.21. The van der Waals surface area contributed by atoms with Gasteiger partial charge in [-0.1, -0.05) is 6.42 Å². The average Bonchev–Trinajstić information content (AvgIpc) is 3.35. The number of halogens is 6. The van der Waals surface area contributed by atoms with Crippen LogP contribution < -0.4 is 21.9 Å². The molecule has 6 atom stereocenters. The summed E-state index contributed by atoms with van der Waals surface area (Å²) in [7, 11) is 0. The van der Waals surface area contributed by atoms with Crippen molar-refractivity contribution in [2.24, 2.45) is 17.6 Å². The summed E-state index contributed by atoms with van der Waals surface area (Å²) in [6.07, 6.45) is -10.4. The molecular formula is C23H37F6N5O3. The van der Waals surface area contributed by atoms with Crippen LogP contribution in [-0.4, -0.2) is 77.5 Å². The minimum Gasteiger partial charge on any atom is -0.377 e. The molecule has 1 saturated carbocycles. The van der Waals surface area contributed by atoms with Gasteiger partial charge in [0.05, 0.1) is 12.0 Å². The Labute approximate surface area is 212 Å². The smallest absolute Gasteiger partial charge is 0.377 e. The first-order valence-electron chi connectivity index (χ1n) is 13.1. The second-order valence-electron chi connectivity index (χ2n) is 10.9. The third kappa shape index (κ3) is 6.03. The van der Waals surface area contributed by atoms with Crippen LogP contribution in [0, 0.1) is 11.8 Å². The predicted octanol–water partition coefficient (Wildman–Crippen LogP) is 2.28. The van der Waals surface area contributed by atoms with Crippen molar-refractivity contribution in [2.75, 3.05) is 13.1 Å². The molecule has 3 aliphatic heterocycles. The first-order valence-corrected chi connectivity index (χ1v) is 13.1. The first-order chi connectivity index (χ1) is 17.3. The van der Waals surface area contributed by atoms with Crippen molar-refractivity contribution in [3.8, 4) is 0 Å². The maximum Gasteiger partial charge on any atom is 0.421 e. The summed E-state index contributed by atoms with van der Waals surface area (Å²) in [5.74, 6) is -2.25. The predicted molar refractivity (Wildman–Crippen MR) is 120 cm³/mol. The number of carbonyl (C=O) groups excluding carboxylic acids is 1. The Bertz CT molecular complexity index is 794. The maximum atomic E-state index is 14.0. The molecule has 14 heteroatoms. The summed E-state index contributed by atoms with van der Waals surface area (Å²) in [6, 6.07) is -2.71. The molecule has 4 fully saturated rings. The summed E-state index contributed by atoms with van der Waals surface area (Å²) in [4.78, 5) is 15.3. The molecule has 0 aromatic carbocycles. The van der Waals surface area contributed by atoms with Crippen LogP contribution in [0.4, 0.5) is 26.3 Å². The van der Waals surface area contributed by atoms with Gasteiger partial charge < -0.3 is 20.5 Å². The minimum atomic E-state index is -4.99. The molecule has 4 rings (SSSR count). The number of fused-ring (bicyclic) bond motifs is 5. The Morgan fingerprint density at radius 2 is 1.70 bits per heavy atom. The number of nitrogens with zero attached hydrogens (tertiary/aromatic N) is 1. The number of amides is 1. The Kier molecular flexibility index (Phi) is 8.66. The van der Waals surface area contributed by atoms with Gasteiger partial charge in [0, 0.05) is 18.6 Å². The molecule has 214 valence electrons. The number of aliphatic hydroxyl groups is 1. The van der Waals surface area contributed by atoms with Crippen LogP contribution in [-0.2, 0) is 9.53 Å². The molecule has 0 spiro atoms. The van der Waals surface area contributed by atoms with Crippen LogP contribution >= 0.6 is 0 Å². The quantitative estimate of drug-likeness (QED) is 0.339. The van der Waals surface area contributed by atoms with Gasteiger partial charge in [0.1, 0.15) is 6.23 Å². The van der Waals surface area contributed by atoms with Gasteiger partial charge in [0.2, 0.25) is 11.5 Å². The van der Waals surface area contributed by atoms with Crippen LogP contribution in [0.3, 0.4) is 0 Å². The van der Waals surface area contributed by atoms with Crippen LogP contribution in [0.1, 0.15) is 64.2 Å². The van der Waals surface area contributed by atoms with Gasteiger partial charge >= 0.3 is 12.4 Å². The SMILES string of the molecule is NCC1CCC(N2CCCCC[C@](O)(C(F)(F)F)C3NNC(O3)C3CCC(C(F)(F)F)C(N3)C2=O)CC1. The third-order valence-corrected chi connectivity index (χ3v) is 8.53. The molecule has 3 saturated heterocycles. The average molecular weight is 546 g/mol. The van der Waals surface area contributed by atoms with Gasteiger partial charge in [-0.05, 0) is 70.3 Å². The largest absolute Gasteiger partial charge is 0.421 e. The highest BCUT2D eigenvalue weighted by Gasteiger charge is 2.61. The van der Waals surface area contributed by atoms with Crippen molar-refractivity contribution in [3.05, 3.63) is 0 Å². The standard InChI is InChI=1S/C23H37F6N5O3/c24-22(25,26)15-8-9-16-18-32-33-20(37-18)21(36,23(27,28)29)10-2-1-3-11-34(19(35)17(15)31-16)14-6-4-13(12-30)5-7-14/h13-18,20,31-33,36H,1-12,30H2/t13?,14?,15?,16?,17?,18?,20?,21-/m1/s1. The van der Waals surface area contributed by atoms with E-state index in [4.69, 9.17) is 10.5 Å². The molecular weight excluding hydrogens is 508 g/mol. The van der Waals surface area contributed by atoms with E-state index < -0.39 is 60.7 Å². The van der Waals surface area contributed by atoms with E-state index >= 15 is 0 Å². The zero-order chi connectivity index (χ0) is 27.0. The zero-order valence-electron chi connectivity index (χ0n) is 20.6. The van der Waals surface area contributed by atoms with Gasteiger partial charge in [-0.25, -0.2) is 10.9 Å². The number of hydrogen-bond donors (Lipinski definition) is 5. The lowest BCUT2D eigenvalue weighted by Gasteiger charge is -2.44. The van der Waals surface area contributed by atoms with E-state index in [1.807, 2.05) is 0 Å². The highest BCUT2D eigenvalue weighted by Crippen LogP contribution is 2.41. The normalized spacial score (nSPS) is 40.9. The number of hydrazine groups is 1. The molecule has 3 heterocycles. The summed E-state index contributed by atoms with van der Waals surface area (Å²) < 4.78 is 89.3. The van der Waals surface area contributed by atoms with Gasteiger partial charge in [0.15, 0.2) is 6.23 Å². The van der Waals surface area contributed by atoms with Crippen LogP contribution in [0.2, 0.25) is 0 Å². The topological polar surface area (TPSA) is 112 Å². The lowest BCUT2D eigenvalue weighted by atomic mass is 9.82. The number of alkyl halides is 6. The molecule has 4 bridgehead atoms. The van der Waals surface area contributed by atoms with E-state index in [9.17, 15) is 36.2 Å². The lowest BCUT2D eigenvalue weighted by molar-refractivity contribution is -0.300. The number of hydrogen-bond acceptors (Lipinski definition) is 7. The molecule has 1 amide bonds. The van der Waals surface area contributed by atoms with Gasteiger partial charge in [-0.2, -0.15) is 26.3 Å². The van der Waals surface area contributed by atoms with Crippen molar-refractivity contribution >= 4 is 5.91 Å². The molecule has 1 aliphatic carbocycles. The Balaban J connectivity index is 1.62. The van der Waals surface area contributed by atoms with Crippen LogP contribution in [0.5, 0.6) is 0 Å². The summed E-state index contributed by atoms with van der Waals surface area (Å²) >= 11 is 0. The van der Waals surface area contributed by atoms with Gasteiger partial charge in [0.25, 0.3) is 0 Å². The Morgan fingerprint density at radius 1 is 1.00 bits per heavy atom. The summed E-state index contributed by atoms with van der Waals surface area (Å²) in [5, 5.41) is 13.4. The van der Waals surface area contributed by atoms with E-state index in [0.717, 1.165) is 12.8 Å². The third-order valence-electron chi connectivity index (χ3n) is 8.53. The minimum absolute atomic E-state index is 0.000441. The first kappa shape index (κ1) is 28.8. The van der Waals surface area contributed by atoms with Crippen LogP contribution in [0.25, 0.3) is 0 Å². The van der Waals surface area contributed by atoms with E-state index in [1.165, 1.54) is 4.90 Å². The number of nitrogens with two attached hydrogens (primary N) is 1. The van der Waals surface area contributed by atoms with Crippen molar-refractivity contribution in [1.82, 2.24) is 21.1 Å². The van der Waals surface area contributed by atoms with E-state index in [0.29, 0.717) is 31.7 Å². The fourth-order valence-electron chi connectivity index (χ4n) is 6.21. The molecule has 37 heavy (non-hydrogen) atoms. The van der Waals surface area contributed by atoms with Crippen molar-refractivity contribution < 1.29 is 41.0 Å². The summed E-state index contributed by atoms with van der Waals surface area (Å²) in [6.45, 7) is 0.655. The number of rotatable bonds is 2. The van der Waals surface area contributed by atoms with Crippen LogP contribution in [0.15, 0.2) is 0 Å². The van der Waals surface area contributed by atoms with Gasteiger partial charge in [-0.15, -0.1) is 0 Å². The second-order valence-corrected chi connectivity index (χ2v) is 10.9. The highest BCUT2D eigenvalue weighted by atomic mass is 19.4. The monoisotopic (exact) mass is 545 g/mol. The highest BCUT2D eigenvalue weighted by molar-refractivity contribution is 5.83. The zero-order valence-corrected chi connectivity index (χ0v) is 20.6. The molecule has 5 unspecified atom stereocenters. The Morgan fingerprint density at radius 3 is 2.32 bits per heavy atom. The second kappa shape index (κ2) is 11.1. The molecule has 8 nitrogen and oxygen atoms in total. The fraction of sp³-hybridized carbons (Fsp3) is 0.957. The number of piperidine rings is 1. The van der Waals surface area contributed by atoms with E-state index in [1.54, 1.807) is 0 Å². The lowest BCUT2D eigenvalue weighted by Crippen LogP contribution is -2.64. The van der Waals surface area contributed by atoms with E-state index in [2.05, 4.69) is 16.2 Å². The molecule has 0 radical (unpaired) electrons. The molecule has 0 aromatic rings. The van der Waals surface area contributed by atoms with Gasteiger partial charge in [-0.3, -0.25) is 10.1 Å². The number of ether oxygens (including phenoxy) is 1. The molecule has 6 N–H and O–H groups in total. The molecule has 4 aliphatic rings. The summed E-state index contributed by atoms with van der Waals surface area (Å²) in [5.41, 5.74) is 7.48. The Hall–Kier alpha value is -1.19. The van der Waals surface area contributed by atoms with E-state index in [-0.39, 0.29) is 38.3 Å². The van der Waals surface area contributed by atoms with Crippen molar-refractivity contribution in [3.63, 3.8) is 0 Å².